The van der Waals surface area contributed by atoms with E-state index in [2.05, 4.69) is 37.4 Å². The highest BCUT2D eigenvalue weighted by molar-refractivity contribution is 5.25. The second kappa shape index (κ2) is 5.34. The van der Waals surface area contributed by atoms with E-state index in [9.17, 15) is 0 Å². The molecule has 2 N–H and O–H groups in total. The molecule has 0 heterocycles. The van der Waals surface area contributed by atoms with Crippen molar-refractivity contribution in [3.63, 3.8) is 0 Å². The molecule has 2 bridgehead atoms. The molecule has 0 spiro atoms. The monoisotopic (exact) mass is 271 g/mol. The molecule has 108 valence electrons. The van der Waals surface area contributed by atoms with E-state index in [0.29, 0.717) is 5.41 Å². The number of hydrogen-bond acceptors (Lipinski definition) is 2. The number of nitrogens with one attached hydrogen (secondary N) is 1. The first-order valence-corrected chi connectivity index (χ1v) is 7.69. The molecular weight excluding hydrogens is 246 g/mol. The Hall–Kier alpha value is -1.12. The van der Waals surface area contributed by atoms with Crippen molar-refractivity contribution in [3.8, 4) is 0 Å². The Kier molecular flexibility index (Phi) is 3.70. The Balaban J connectivity index is 1.54. The van der Waals surface area contributed by atoms with Gasteiger partial charge in [-0.3, -0.25) is 0 Å². The summed E-state index contributed by atoms with van der Waals surface area (Å²) < 4.78 is 0. The molecule has 3 aliphatic rings. The lowest BCUT2D eigenvalue weighted by Gasteiger charge is -2.56. The number of aliphatic hydroxyl groups is 1. The van der Waals surface area contributed by atoms with Gasteiger partial charge in [-0.05, 0) is 41.2 Å². The number of allylic oxidation sites excluding steroid dienone is 1. The predicted octanol–water partition coefficient (Wildman–Crippen LogP) is 3.26. The van der Waals surface area contributed by atoms with Gasteiger partial charge in [0.1, 0.15) is 0 Å². The minimum Gasteiger partial charge on any atom is -0.392 e. The van der Waals surface area contributed by atoms with Gasteiger partial charge in [0, 0.05) is 13.1 Å². The molecule has 2 atom stereocenters. The van der Waals surface area contributed by atoms with Crippen LogP contribution in [0.1, 0.15) is 37.8 Å². The van der Waals surface area contributed by atoms with Crippen LogP contribution in [-0.2, 0) is 13.2 Å². The molecular formula is C18H25NO. The SMILES string of the molecule is CC1(C)[C@H]2CC=C(CNCc3cccc(CO)c3)[C@@H]1C2. The van der Waals surface area contributed by atoms with Gasteiger partial charge in [0.2, 0.25) is 0 Å². The number of aliphatic hydroxyl groups excluding tert-OH is 1. The maximum Gasteiger partial charge on any atom is 0.0681 e. The fourth-order valence-corrected chi connectivity index (χ4v) is 3.87. The van der Waals surface area contributed by atoms with Crippen LogP contribution in [0.3, 0.4) is 0 Å². The zero-order valence-corrected chi connectivity index (χ0v) is 12.5. The smallest absolute Gasteiger partial charge is 0.0681 e. The zero-order valence-electron chi connectivity index (χ0n) is 12.5. The molecule has 0 aliphatic heterocycles. The molecule has 0 radical (unpaired) electrons. The highest BCUT2D eigenvalue weighted by Gasteiger charge is 2.50. The molecule has 1 fully saturated rings. The molecule has 0 unspecified atom stereocenters. The Morgan fingerprint density at radius 1 is 1.25 bits per heavy atom. The van der Waals surface area contributed by atoms with Gasteiger partial charge in [-0.25, -0.2) is 0 Å². The van der Waals surface area contributed by atoms with Crippen LogP contribution < -0.4 is 5.32 Å². The molecule has 0 aromatic heterocycles. The van der Waals surface area contributed by atoms with E-state index in [4.69, 9.17) is 5.11 Å². The predicted molar refractivity (Wildman–Crippen MR) is 82.1 cm³/mol. The average molecular weight is 271 g/mol. The number of benzene rings is 1. The van der Waals surface area contributed by atoms with Crippen molar-refractivity contribution in [3.05, 3.63) is 47.0 Å². The van der Waals surface area contributed by atoms with Crippen LogP contribution in [0, 0.1) is 17.3 Å². The standard InChI is InChI=1S/C18H25NO/c1-18(2)16-7-6-15(17(18)9-16)11-19-10-13-4-3-5-14(8-13)12-20/h3-6,8,16-17,19-20H,7,9-12H2,1-2H3/t16-,17-/m0/s1. The zero-order chi connectivity index (χ0) is 14.2. The lowest BCUT2D eigenvalue weighted by molar-refractivity contribution is -0.00738. The van der Waals surface area contributed by atoms with E-state index in [1.54, 1.807) is 5.57 Å². The van der Waals surface area contributed by atoms with Crippen molar-refractivity contribution in [2.45, 2.75) is 39.8 Å². The highest BCUT2D eigenvalue weighted by Crippen LogP contribution is 2.58. The van der Waals surface area contributed by atoms with Gasteiger partial charge >= 0.3 is 0 Å². The first-order chi connectivity index (χ1) is 9.61. The molecule has 2 heteroatoms. The number of fused-ring (bicyclic) bond motifs is 1. The summed E-state index contributed by atoms with van der Waals surface area (Å²) in [6, 6.07) is 8.17. The minimum atomic E-state index is 0.122. The van der Waals surface area contributed by atoms with E-state index >= 15 is 0 Å². The molecule has 20 heavy (non-hydrogen) atoms. The van der Waals surface area contributed by atoms with Gasteiger partial charge in [-0.2, -0.15) is 0 Å². The van der Waals surface area contributed by atoms with Crippen molar-refractivity contribution in [2.75, 3.05) is 6.54 Å². The van der Waals surface area contributed by atoms with Crippen LogP contribution >= 0.6 is 0 Å². The minimum absolute atomic E-state index is 0.122. The van der Waals surface area contributed by atoms with E-state index in [-0.39, 0.29) is 6.61 Å². The summed E-state index contributed by atoms with van der Waals surface area (Å²) in [5.74, 6) is 1.70. The second-order valence-corrected chi connectivity index (χ2v) is 6.90. The van der Waals surface area contributed by atoms with Gasteiger partial charge in [0.05, 0.1) is 6.61 Å². The molecule has 1 aromatic rings. The molecule has 1 saturated carbocycles. The molecule has 0 saturated heterocycles. The van der Waals surface area contributed by atoms with Gasteiger partial charge in [0.25, 0.3) is 0 Å². The fraction of sp³-hybridized carbons (Fsp3) is 0.556. The van der Waals surface area contributed by atoms with Gasteiger partial charge in [-0.15, -0.1) is 0 Å². The topological polar surface area (TPSA) is 32.3 Å². The summed E-state index contributed by atoms with van der Waals surface area (Å²) in [6.07, 6.45) is 5.11. The van der Waals surface area contributed by atoms with Gasteiger partial charge in [-0.1, -0.05) is 49.8 Å². The summed E-state index contributed by atoms with van der Waals surface area (Å²) >= 11 is 0. The molecule has 2 nitrogen and oxygen atoms in total. The molecule has 4 rings (SSSR count). The van der Waals surface area contributed by atoms with E-state index in [1.807, 2.05) is 12.1 Å². The Morgan fingerprint density at radius 2 is 2.05 bits per heavy atom. The van der Waals surface area contributed by atoms with E-state index in [1.165, 1.54) is 18.4 Å². The summed E-state index contributed by atoms with van der Waals surface area (Å²) in [5.41, 5.74) is 4.36. The van der Waals surface area contributed by atoms with Crippen LogP contribution in [-0.4, -0.2) is 11.7 Å². The third kappa shape index (κ3) is 2.43. The van der Waals surface area contributed by atoms with E-state index in [0.717, 1.165) is 30.5 Å². The van der Waals surface area contributed by atoms with Crippen molar-refractivity contribution in [1.29, 1.82) is 0 Å². The quantitative estimate of drug-likeness (QED) is 0.806. The first-order valence-electron chi connectivity index (χ1n) is 7.69. The number of rotatable bonds is 5. The highest BCUT2D eigenvalue weighted by atomic mass is 16.3. The fourth-order valence-electron chi connectivity index (χ4n) is 3.87. The maximum absolute atomic E-state index is 9.16. The molecule has 3 aliphatic carbocycles. The van der Waals surface area contributed by atoms with Crippen molar-refractivity contribution >= 4 is 0 Å². The van der Waals surface area contributed by atoms with Crippen LogP contribution in [0.4, 0.5) is 0 Å². The van der Waals surface area contributed by atoms with Crippen molar-refractivity contribution in [1.82, 2.24) is 5.32 Å². The Morgan fingerprint density at radius 3 is 2.75 bits per heavy atom. The summed E-state index contributed by atoms with van der Waals surface area (Å²) in [4.78, 5) is 0. The third-order valence-corrected chi connectivity index (χ3v) is 5.41. The van der Waals surface area contributed by atoms with Crippen LogP contribution in [0.2, 0.25) is 0 Å². The number of hydrogen-bond donors (Lipinski definition) is 2. The Bertz CT molecular complexity index is 518. The maximum atomic E-state index is 9.16. The lowest BCUT2D eigenvalue weighted by atomic mass is 9.49. The largest absolute Gasteiger partial charge is 0.392 e. The van der Waals surface area contributed by atoms with Crippen LogP contribution in [0.5, 0.6) is 0 Å². The summed E-state index contributed by atoms with van der Waals surface area (Å²) in [7, 11) is 0. The van der Waals surface area contributed by atoms with Crippen LogP contribution in [0.15, 0.2) is 35.9 Å². The summed E-state index contributed by atoms with van der Waals surface area (Å²) in [5, 5.41) is 12.7. The van der Waals surface area contributed by atoms with Gasteiger partial charge in [0.15, 0.2) is 0 Å². The van der Waals surface area contributed by atoms with E-state index < -0.39 is 0 Å². The second-order valence-electron chi connectivity index (χ2n) is 6.90. The average Bonchev–Trinajstić information content (AvgIpc) is 2.47. The van der Waals surface area contributed by atoms with Crippen LogP contribution in [0.25, 0.3) is 0 Å². The first kappa shape index (κ1) is 13.8. The van der Waals surface area contributed by atoms with Crippen molar-refractivity contribution in [2.24, 2.45) is 17.3 Å². The lowest BCUT2D eigenvalue weighted by Crippen LogP contribution is -2.49. The molecule has 1 aromatic carbocycles. The van der Waals surface area contributed by atoms with Crippen molar-refractivity contribution < 1.29 is 5.11 Å². The Labute approximate surface area is 121 Å². The third-order valence-electron chi connectivity index (χ3n) is 5.41. The molecule has 0 amide bonds. The normalized spacial score (nSPS) is 26.9. The summed E-state index contributed by atoms with van der Waals surface area (Å²) in [6.45, 7) is 6.84. The van der Waals surface area contributed by atoms with Gasteiger partial charge < -0.3 is 10.4 Å².